The number of nitrogens with zero attached hydrogens (tertiary/aromatic N) is 1. The molecule has 1 aromatic carbocycles. The number of nitriles is 1. The quantitative estimate of drug-likeness (QED) is 0.846. The smallest absolute Gasteiger partial charge is 0.307 e. The summed E-state index contributed by atoms with van der Waals surface area (Å²) < 4.78 is 39.7. The topological polar surface area (TPSA) is 107 Å². The highest BCUT2D eigenvalue weighted by atomic mass is 32.2. The molecule has 2 atom stereocenters. The molecule has 8 heteroatoms. The molecule has 6 nitrogen and oxygen atoms in total. The molecule has 2 unspecified atom stereocenters. The summed E-state index contributed by atoms with van der Waals surface area (Å²) >= 11 is 0. The summed E-state index contributed by atoms with van der Waals surface area (Å²) in [6.07, 6.45) is 0. The van der Waals surface area contributed by atoms with Crippen molar-refractivity contribution in [3.05, 3.63) is 29.6 Å². The maximum absolute atomic E-state index is 13.4. The lowest BCUT2D eigenvalue weighted by atomic mass is 10.1. The van der Waals surface area contributed by atoms with Gasteiger partial charge in [0.15, 0.2) is 0 Å². The van der Waals surface area contributed by atoms with Gasteiger partial charge in [0.1, 0.15) is 22.3 Å². The number of benzene rings is 1. The Hall–Kier alpha value is -1.98. The average molecular weight is 300 g/mol. The first kappa shape index (κ1) is 16.1. The number of nitrogens with one attached hydrogen (secondary N) is 1. The van der Waals surface area contributed by atoms with E-state index in [9.17, 15) is 17.6 Å². The van der Waals surface area contributed by atoms with Gasteiger partial charge in [0.2, 0.25) is 10.0 Å². The van der Waals surface area contributed by atoms with E-state index in [2.05, 4.69) is 4.72 Å². The minimum absolute atomic E-state index is 0.510. The number of hydrogen-bond acceptors (Lipinski definition) is 4. The highest BCUT2D eigenvalue weighted by Crippen LogP contribution is 2.19. The van der Waals surface area contributed by atoms with Crippen LogP contribution in [-0.4, -0.2) is 25.5 Å². The molecule has 0 aliphatic heterocycles. The van der Waals surface area contributed by atoms with Crippen LogP contribution in [0.1, 0.15) is 19.4 Å². The number of carboxylic acids is 1. The van der Waals surface area contributed by atoms with E-state index in [0.717, 1.165) is 18.2 Å². The second-order valence-corrected chi connectivity index (χ2v) is 5.94. The summed E-state index contributed by atoms with van der Waals surface area (Å²) in [7, 11) is -4.18. The number of hydrogen-bond donors (Lipinski definition) is 2. The molecule has 0 saturated heterocycles. The minimum atomic E-state index is -4.18. The van der Waals surface area contributed by atoms with Gasteiger partial charge in [-0.1, -0.05) is 13.0 Å². The molecule has 1 rings (SSSR count). The van der Waals surface area contributed by atoms with Crippen LogP contribution < -0.4 is 4.72 Å². The standard InChI is InChI=1S/C12H13FN2O4S/c1-7(12(16)17)8(2)15-20(18,19)11-5-3-4-10(13)9(11)6-14/h3-5,7-8,15H,1-2H3,(H,16,17). The lowest BCUT2D eigenvalue weighted by molar-refractivity contribution is -0.141. The van der Waals surface area contributed by atoms with Crippen molar-refractivity contribution >= 4 is 16.0 Å². The molecule has 0 amide bonds. The van der Waals surface area contributed by atoms with E-state index in [1.165, 1.54) is 19.9 Å². The van der Waals surface area contributed by atoms with Gasteiger partial charge in [0, 0.05) is 6.04 Å². The molecule has 0 aliphatic carbocycles. The van der Waals surface area contributed by atoms with Crippen LogP contribution in [0.4, 0.5) is 4.39 Å². The molecule has 0 fully saturated rings. The molecular formula is C12H13FN2O4S. The van der Waals surface area contributed by atoms with Crippen LogP contribution in [0, 0.1) is 23.1 Å². The Morgan fingerprint density at radius 2 is 2.05 bits per heavy atom. The van der Waals surface area contributed by atoms with Crippen molar-refractivity contribution in [3.63, 3.8) is 0 Å². The van der Waals surface area contributed by atoms with Crippen molar-refractivity contribution in [3.8, 4) is 6.07 Å². The number of carbonyl (C=O) groups is 1. The van der Waals surface area contributed by atoms with Gasteiger partial charge < -0.3 is 5.11 Å². The zero-order chi connectivity index (χ0) is 15.5. The highest BCUT2D eigenvalue weighted by molar-refractivity contribution is 7.89. The van der Waals surface area contributed by atoms with E-state index in [4.69, 9.17) is 10.4 Å². The lowest BCUT2D eigenvalue weighted by Gasteiger charge is -2.18. The Morgan fingerprint density at radius 1 is 1.45 bits per heavy atom. The molecular weight excluding hydrogens is 287 g/mol. The molecule has 0 radical (unpaired) electrons. The van der Waals surface area contributed by atoms with Crippen molar-refractivity contribution in [2.75, 3.05) is 0 Å². The number of aliphatic carboxylic acids is 1. The van der Waals surface area contributed by atoms with Gasteiger partial charge in [-0.2, -0.15) is 5.26 Å². The van der Waals surface area contributed by atoms with Crippen molar-refractivity contribution in [1.82, 2.24) is 4.72 Å². The Labute approximate surface area is 115 Å². The third-order valence-corrected chi connectivity index (χ3v) is 4.46. The first-order valence-electron chi connectivity index (χ1n) is 5.64. The molecule has 0 aliphatic rings. The van der Waals surface area contributed by atoms with E-state index < -0.39 is 44.2 Å². The Kier molecular flexibility index (Phi) is 4.81. The zero-order valence-corrected chi connectivity index (χ0v) is 11.6. The highest BCUT2D eigenvalue weighted by Gasteiger charge is 2.27. The van der Waals surface area contributed by atoms with E-state index in [1.54, 1.807) is 0 Å². The Balaban J connectivity index is 3.17. The van der Waals surface area contributed by atoms with Crippen LogP contribution in [0.5, 0.6) is 0 Å². The summed E-state index contributed by atoms with van der Waals surface area (Å²) in [5.74, 6) is -3.09. The molecule has 1 aromatic rings. The SMILES string of the molecule is CC(NS(=O)(=O)c1cccc(F)c1C#N)C(C)C(=O)O. The van der Waals surface area contributed by atoms with Crippen molar-refractivity contribution in [1.29, 1.82) is 5.26 Å². The summed E-state index contributed by atoms with van der Waals surface area (Å²) in [6, 6.07) is 3.80. The monoisotopic (exact) mass is 300 g/mol. The second kappa shape index (κ2) is 5.98. The fourth-order valence-electron chi connectivity index (χ4n) is 1.46. The third-order valence-electron chi connectivity index (χ3n) is 2.86. The van der Waals surface area contributed by atoms with E-state index in [0.29, 0.717) is 0 Å². The molecule has 20 heavy (non-hydrogen) atoms. The Morgan fingerprint density at radius 3 is 2.55 bits per heavy atom. The predicted octanol–water partition coefficient (Wildman–Crippen LogP) is 1.08. The van der Waals surface area contributed by atoms with Gasteiger partial charge in [0.25, 0.3) is 0 Å². The molecule has 0 bridgehead atoms. The summed E-state index contributed by atoms with van der Waals surface area (Å²) in [5.41, 5.74) is -0.602. The maximum atomic E-state index is 13.4. The molecule has 0 heterocycles. The average Bonchev–Trinajstić information content (AvgIpc) is 2.36. The van der Waals surface area contributed by atoms with E-state index in [-0.39, 0.29) is 0 Å². The van der Waals surface area contributed by atoms with Gasteiger partial charge in [-0.05, 0) is 19.1 Å². The van der Waals surface area contributed by atoms with Crippen molar-refractivity contribution in [2.24, 2.45) is 5.92 Å². The van der Waals surface area contributed by atoms with Gasteiger partial charge in [-0.15, -0.1) is 0 Å². The Bertz CT molecular complexity index is 667. The van der Waals surface area contributed by atoms with Crippen molar-refractivity contribution in [2.45, 2.75) is 24.8 Å². The predicted molar refractivity (Wildman–Crippen MR) is 67.7 cm³/mol. The minimum Gasteiger partial charge on any atom is -0.481 e. The summed E-state index contributed by atoms with van der Waals surface area (Å²) in [5, 5.41) is 17.6. The van der Waals surface area contributed by atoms with Gasteiger partial charge in [0.05, 0.1) is 5.92 Å². The van der Waals surface area contributed by atoms with Gasteiger partial charge in [-0.25, -0.2) is 17.5 Å². The molecule has 0 spiro atoms. The summed E-state index contributed by atoms with van der Waals surface area (Å²) in [4.78, 5) is 10.3. The summed E-state index contributed by atoms with van der Waals surface area (Å²) in [6.45, 7) is 2.72. The van der Waals surface area contributed by atoms with Crippen LogP contribution in [0.25, 0.3) is 0 Å². The van der Waals surface area contributed by atoms with Crippen LogP contribution in [0.2, 0.25) is 0 Å². The fraction of sp³-hybridized carbons (Fsp3) is 0.333. The number of sulfonamides is 1. The van der Waals surface area contributed by atoms with E-state index in [1.807, 2.05) is 0 Å². The number of rotatable bonds is 5. The van der Waals surface area contributed by atoms with E-state index >= 15 is 0 Å². The van der Waals surface area contributed by atoms with Crippen LogP contribution in [0.15, 0.2) is 23.1 Å². The number of carboxylic acid groups (broad SMARTS) is 1. The van der Waals surface area contributed by atoms with Crippen LogP contribution in [-0.2, 0) is 14.8 Å². The molecule has 0 aromatic heterocycles. The second-order valence-electron chi connectivity index (χ2n) is 4.26. The maximum Gasteiger partial charge on any atom is 0.307 e. The normalized spacial score (nSPS) is 14.3. The fourth-order valence-corrected chi connectivity index (χ4v) is 2.95. The third kappa shape index (κ3) is 3.31. The van der Waals surface area contributed by atoms with Gasteiger partial charge in [-0.3, -0.25) is 4.79 Å². The molecule has 2 N–H and O–H groups in total. The van der Waals surface area contributed by atoms with Crippen LogP contribution in [0.3, 0.4) is 0 Å². The first-order chi connectivity index (χ1) is 9.20. The van der Waals surface area contributed by atoms with Crippen LogP contribution >= 0.6 is 0 Å². The largest absolute Gasteiger partial charge is 0.481 e. The molecule has 108 valence electrons. The van der Waals surface area contributed by atoms with Crippen molar-refractivity contribution < 1.29 is 22.7 Å². The lowest BCUT2D eigenvalue weighted by Crippen LogP contribution is -2.40. The first-order valence-corrected chi connectivity index (χ1v) is 7.12. The molecule has 0 saturated carbocycles. The van der Waals surface area contributed by atoms with Gasteiger partial charge >= 0.3 is 5.97 Å². The zero-order valence-electron chi connectivity index (χ0n) is 10.8. The number of halogens is 1.